The fourth-order valence-electron chi connectivity index (χ4n) is 6.22. The van der Waals surface area contributed by atoms with Gasteiger partial charge in [0.1, 0.15) is 0 Å². The van der Waals surface area contributed by atoms with Crippen LogP contribution in [0, 0.1) is 11.8 Å². The topological polar surface area (TPSA) is 76.4 Å². The SMILES string of the molecule is CCC(C)/C=C\CC[C@]1(C)CC2CC[C@@H]3[C@H](C(=O)[O-])[C@]4(CCC[C@@H](C)O4)NC(=[N+]23)N1. The molecule has 2 N–H and O–H groups in total. The molecule has 4 rings (SSSR count). The summed E-state index contributed by atoms with van der Waals surface area (Å²) in [6.07, 6.45) is 13.6. The van der Waals surface area contributed by atoms with E-state index in [0.717, 1.165) is 50.9 Å². The van der Waals surface area contributed by atoms with Crippen LogP contribution in [0.5, 0.6) is 0 Å². The number of carboxylic acids is 1. The molecule has 0 bridgehead atoms. The zero-order chi connectivity index (χ0) is 21.5. The van der Waals surface area contributed by atoms with E-state index in [-0.39, 0.29) is 17.7 Å². The van der Waals surface area contributed by atoms with E-state index in [1.54, 1.807) is 0 Å². The summed E-state index contributed by atoms with van der Waals surface area (Å²) < 4.78 is 8.67. The van der Waals surface area contributed by atoms with Crippen LogP contribution in [-0.4, -0.2) is 46.0 Å². The summed E-state index contributed by atoms with van der Waals surface area (Å²) in [5, 5.41) is 19.6. The molecular weight excluding hydrogens is 378 g/mol. The van der Waals surface area contributed by atoms with Crippen molar-refractivity contribution in [3.8, 4) is 0 Å². The van der Waals surface area contributed by atoms with Gasteiger partial charge in [-0.3, -0.25) is 9.89 Å². The van der Waals surface area contributed by atoms with Gasteiger partial charge >= 0.3 is 5.96 Å². The van der Waals surface area contributed by atoms with E-state index in [9.17, 15) is 9.90 Å². The van der Waals surface area contributed by atoms with Gasteiger partial charge in [-0.15, -0.1) is 0 Å². The van der Waals surface area contributed by atoms with Gasteiger partial charge in [0.15, 0.2) is 5.72 Å². The van der Waals surface area contributed by atoms with E-state index in [4.69, 9.17) is 4.74 Å². The Morgan fingerprint density at radius 1 is 1.37 bits per heavy atom. The molecule has 2 fully saturated rings. The van der Waals surface area contributed by atoms with Gasteiger partial charge in [-0.25, -0.2) is 5.32 Å². The van der Waals surface area contributed by atoms with Gasteiger partial charge in [0.25, 0.3) is 0 Å². The molecule has 6 heteroatoms. The minimum atomic E-state index is -0.982. The van der Waals surface area contributed by atoms with Gasteiger partial charge in [-0.05, 0) is 58.3 Å². The van der Waals surface area contributed by atoms with Crippen LogP contribution in [0.1, 0.15) is 85.5 Å². The molecule has 1 spiro atoms. The number of hydrogen-bond donors (Lipinski definition) is 2. The Kier molecular flexibility index (Phi) is 5.90. The lowest BCUT2D eigenvalue weighted by Gasteiger charge is -2.51. The second kappa shape index (κ2) is 8.18. The molecule has 0 aromatic heterocycles. The van der Waals surface area contributed by atoms with Crippen molar-refractivity contribution < 1.29 is 19.2 Å². The normalized spacial score (nSPS) is 41.5. The molecule has 30 heavy (non-hydrogen) atoms. The molecule has 2 saturated heterocycles. The first-order valence-corrected chi connectivity index (χ1v) is 12.0. The second-order valence-corrected chi connectivity index (χ2v) is 10.4. The van der Waals surface area contributed by atoms with Crippen LogP contribution in [0.3, 0.4) is 0 Å². The molecule has 4 aliphatic rings. The number of guanidine groups is 1. The smallest absolute Gasteiger partial charge is 0.349 e. The predicted octanol–water partition coefficient (Wildman–Crippen LogP) is 2.28. The molecule has 4 heterocycles. The molecule has 0 saturated carbocycles. The number of carbonyl (C=O) groups is 1. The molecule has 7 atom stereocenters. The molecule has 168 valence electrons. The molecule has 4 aliphatic heterocycles. The summed E-state index contributed by atoms with van der Waals surface area (Å²) in [7, 11) is 0. The van der Waals surface area contributed by atoms with Gasteiger partial charge in [0.05, 0.1) is 35.6 Å². The lowest BCUT2D eigenvalue weighted by Crippen LogP contribution is -2.76. The number of aliphatic carboxylic acids is 1. The molecule has 0 aromatic carbocycles. The van der Waals surface area contributed by atoms with Gasteiger partial charge in [-0.2, -0.15) is 0 Å². The van der Waals surface area contributed by atoms with E-state index in [2.05, 4.69) is 48.1 Å². The monoisotopic (exact) mass is 417 g/mol. The van der Waals surface area contributed by atoms with E-state index in [1.165, 1.54) is 6.42 Å². The largest absolute Gasteiger partial charge is 0.549 e. The lowest BCUT2D eigenvalue weighted by molar-refractivity contribution is -0.608. The average molecular weight is 418 g/mol. The van der Waals surface area contributed by atoms with E-state index in [1.807, 2.05) is 6.92 Å². The van der Waals surface area contributed by atoms with Crippen molar-refractivity contribution in [3.05, 3.63) is 12.2 Å². The molecular formula is C24H39N3O3. The van der Waals surface area contributed by atoms with Crippen LogP contribution in [0.4, 0.5) is 0 Å². The highest BCUT2D eigenvalue weighted by Crippen LogP contribution is 2.44. The zero-order valence-corrected chi connectivity index (χ0v) is 19.1. The maximum Gasteiger partial charge on any atom is 0.349 e. The fraction of sp³-hybridized carbons (Fsp3) is 0.833. The summed E-state index contributed by atoms with van der Waals surface area (Å²) in [6.45, 7) is 8.84. The molecule has 0 radical (unpaired) electrons. The van der Waals surface area contributed by atoms with Crippen molar-refractivity contribution in [1.82, 2.24) is 10.6 Å². The second-order valence-electron chi connectivity index (χ2n) is 10.4. The first kappa shape index (κ1) is 21.7. The maximum absolute atomic E-state index is 12.3. The summed E-state index contributed by atoms with van der Waals surface area (Å²) in [5.74, 6) is -0.0124. The predicted molar refractivity (Wildman–Crippen MR) is 115 cm³/mol. The van der Waals surface area contributed by atoms with Crippen molar-refractivity contribution in [2.75, 3.05) is 0 Å². The van der Waals surface area contributed by atoms with Gasteiger partial charge in [0, 0.05) is 12.8 Å². The Bertz CT molecular complexity index is 735. The Morgan fingerprint density at radius 2 is 2.17 bits per heavy atom. The summed E-state index contributed by atoms with van der Waals surface area (Å²) >= 11 is 0. The van der Waals surface area contributed by atoms with Crippen molar-refractivity contribution in [3.63, 3.8) is 0 Å². The number of ether oxygens (including phenoxy) is 1. The Labute approximate surface area is 181 Å². The number of nitrogens with one attached hydrogen (secondary N) is 2. The Morgan fingerprint density at radius 3 is 2.87 bits per heavy atom. The third kappa shape index (κ3) is 3.88. The number of rotatable bonds is 6. The maximum atomic E-state index is 12.3. The molecule has 6 nitrogen and oxygen atoms in total. The highest BCUT2D eigenvalue weighted by atomic mass is 16.5. The highest BCUT2D eigenvalue weighted by Gasteiger charge is 2.61. The van der Waals surface area contributed by atoms with Crippen molar-refractivity contribution in [2.24, 2.45) is 11.8 Å². The lowest BCUT2D eigenvalue weighted by atomic mass is 9.80. The first-order valence-electron chi connectivity index (χ1n) is 12.0. The van der Waals surface area contributed by atoms with E-state index in [0.29, 0.717) is 18.4 Å². The third-order valence-electron chi connectivity index (χ3n) is 7.92. The van der Waals surface area contributed by atoms with Gasteiger partial charge in [0.2, 0.25) is 0 Å². The standard InChI is InChI=1S/C24H39N3O3/c1-5-16(2)9-6-7-13-23(4)15-18-11-12-19-20(21(28)29)24(14-8-10-17(3)30-24)26-22(25-23)27(18)19/h6,9,16-20H,5,7-8,10-15H2,1-4H3,(H2,25,26,28,29)/b9-6-/t16?,17-,18?,19-,20-,23-,24-/m1/s1. The van der Waals surface area contributed by atoms with Crippen LogP contribution in [0.2, 0.25) is 0 Å². The number of hydrogen-bond acceptors (Lipinski definition) is 5. The molecule has 0 aromatic rings. The summed E-state index contributed by atoms with van der Waals surface area (Å²) in [5.41, 5.74) is -0.864. The Balaban J connectivity index is 1.57. The minimum absolute atomic E-state index is 0.00599. The van der Waals surface area contributed by atoms with Gasteiger partial charge < -0.3 is 14.6 Å². The Hall–Kier alpha value is -1.56. The number of allylic oxidation sites excluding steroid dienone is 2. The van der Waals surface area contributed by atoms with Gasteiger partial charge in [-0.1, -0.05) is 32.4 Å². The number of nitrogens with zero attached hydrogens (tertiary/aromatic N) is 1. The van der Waals surface area contributed by atoms with E-state index < -0.39 is 17.6 Å². The van der Waals surface area contributed by atoms with E-state index >= 15 is 0 Å². The third-order valence-corrected chi connectivity index (χ3v) is 7.92. The minimum Gasteiger partial charge on any atom is -0.549 e. The quantitative estimate of drug-likeness (QED) is 0.512. The molecule has 0 amide bonds. The van der Waals surface area contributed by atoms with Crippen molar-refractivity contribution in [1.29, 1.82) is 0 Å². The van der Waals surface area contributed by atoms with Crippen LogP contribution >= 0.6 is 0 Å². The first-order chi connectivity index (χ1) is 14.3. The van der Waals surface area contributed by atoms with Crippen LogP contribution in [0.25, 0.3) is 0 Å². The summed E-state index contributed by atoms with van der Waals surface area (Å²) in [4.78, 5) is 12.3. The number of carboxylic acid groups (broad SMARTS) is 1. The molecule has 2 unspecified atom stereocenters. The van der Waals surface area contributed by atoms with Crippen molar-refractivity contribution in [2.45, 2.75) is 115 Å². The van der Waals surface area contributed by atoms with Crippen molar-refractivity contribution >= 4 is 11.9 Å². The average Bonchev–Trinajstić information content (AvgIpc) is 3.08. The zero-order valence-electron chi connectivity index (χ0n) is 19.1. The van der Waals surface area contributed by atoms with Crippen LogP contribution < -0.4 is 15.7 Å². The fourth-order valence-corrected chi connectivity index (χ4v) is 6.22. The summed E-state index contributed by atoms with van der Waals surface area (Å²) in [6, 6.07) is 0.325. The molecule has 0 aliphatic carbocycles. The van der Waals surface area contributed by atoms with Crippen LogP contribution in [0.15, 0.2) is 12.2 Å². The highest BCUT2D eigenvalue weighted by molar-refractivity contribution is 5.81. The number of carbonyl (C=O) groups excluding carboxylic acids is 1. The van der Waals surface area contributed by atoms with Crippen LogP contribution in [-0.2, 0) is 9.53 Å².